The van der Waals surface area contributed by atoms with Gasteiger partial charge in [0, 0.05) is 30.2 Å². The number of benzene rings is 1. The molecular weight excluding hydrogens is 268 g/mol. The highest BCUT2D eigenvalue weighted by atomic mass is 32.1. The Kier molecular flexibility index (Phi) is 4.45. The van der Waals surface area contributed by atoms with Gasteiger partial charge in [0.2, 0.25) is 0 Å². The zero-order valence-corrected chi connectivity index (χ0v) is 13.1. The van der Waals surface area contributed by atoms with Gasteiger partial charge in [-0.3, -0.25) is 4.79 Å². The van der Waals surface area contributed by atoms with E-state index in [0.717, 1.165) is 5.69 Å². The molecule has 0 saturated heterocycles. The monoisotopic (exact) mass is 288 g/mol. The van der Waals surface area contributed by atoms with Crippen molar-refractivity contribution in [2.75, 3.05) is 19.4 Å². The summed E-state index contributed by atoms with van der Waals surface area (Å²) in [4.78, 5) is 14.7. The van der Waals surface area contributed by atoms with Gasteiger partial charge < -0.3 is 10.2 Å². The van der Waals surface area contributed by atoms with Gasteiger partial charge in [-0.2, -0.15) is 0 Å². The highest BCUT2D eigenvalue weighted by molar-refractivity contribution is 7.10. The van der Waals surface area contributed by atoms with E-state index in [2.05, 4.69) is 30.6 Å². The lowest BCUT2D eigenvalue weighted by molar-refractivity contribution is 0.0827. The highest BCUT2D eigenvalue weighted by Crippen LogP contribution is 2.26. The number of hydrogen-bond donors (Lipinski definition) is 1. The van der Waals surface area contributed by atoms with Gasteiger partial charge >= 0.3 is 0 Å². The van der Waals surface area contributed by atoms with Crippen LogP contribution in [0.5, 0.6) is 0 Å². The van der Waals surface area contributed by atoms with Gasteiger partial charge in [0.25, 0.3) is 5.91 Å². The molecule has 2 rings (SSSR count). The first-order valence-electron chi connectivity index (χ1n) is 6.61. The lowest BCUT2D eigenvalue weighted by Gasteiger charge is -2.16. The summed E-state index contributed by atoms with van der Waals surface area (Å²) in [6.45, 7) is 4.28. The lowest BCUT2D eigenvalue weighted by atomic mass is 10.1. The molecule has 3 nitrogen and oxygen atoms in total. The average Bonchev–Trinajstić information content (AvgIpc) is 2.85. The van der Waals surface area contributed by atoms with Crippen LogP contribution < -0.4 is 5.32 Å². The van der Waals surface area contributed by atoms with Gasteiger partial charge in [-0.25, -0.2) is 0 Å². The minimum Gasteiger partial charge on any atom is -0.378 e. The Morgan fingerprint density at radius 2 is 1.85 bits per heavy atom. The largest absolute Gasteiger partial charge is 0.378 e. The molecule has 0 aliphatic rings. The van der Waals surface area contributed by atoms with Crippen LogP contribution in [0.2, 0.25) is 0 Å². The molecule has 1 aromatic carbocycles. The zero-order valence-electron chi connectivity index (χ0n) is 12.3. The van der Waals surface area contributed by atoms with Crippen LogP contribution in [0.1, 0.15) is 33.8 Å². The van der Waals surface area contributed by atoms with Gasteiger partial charge in [-0.15, -0.1) is 11.3 Å². The third-order valence-corrected chi connectivity index (χ3v) is 4.42. The number of carbonyl (C=O) groups excluding carboxylic acids is 1. The molecule has 0 radical (unpaired) electrons. The van der Waals surface area contributed by atoms with Crippen LogP contribution in [0.3, 0.4) is 0 Å². The minimum atomic E-state index is 0.0266. The number of amides is 1. The second-order valence-electron chi connectivity index (χ2n) is 5.11. The third kappa shape index (κ3) is 3.20. The first-order chi connectivity index (χ1) is 9.49. The third-order valence-electron chi connectivity index (χ3n) is 3.22. The molecule has 1 amide bonds. The topological polar surface area (TPSA) is 32.3 Å². The molecule has 20 heavy (non-hydrogen) atoms. The van der Waals surface area contributed by atoms with Crippen LogP contribution in [-0.2, 0) is 0 Å². The van der Waals surface area contributed by atoms with Crippen LogP contribution in [0.15, 0.2) is 35.7 Å². The molecule has 2 aromatic rings. The predicted octanol–water partition coefficient (Wildman–Crippen LogP) is 3.93. The van der Waals surface area contributed by atoms with E-state index in [1.807, 2.05) is 24.3 Å². The first-order valence-corrected chi connectivity index (χ1v) is 7.49. The highest BCUT2D eigenvalue weighted by Gasteiger charge is 2.11. The summed E-state index contributed by atoms with van der Waals surface area (Å²) in [6.07, 6.45) is 0. The number of rotatable bonds is 4. The summed E-state index contributed by atoms with van der Waals surface area (Å²) in [6, 6.07) is 10.0. The fourth-order valence-electron chi connectivity index (χ4n) is 2.11. The Labute approximate surface area is 124 Å². The fraction of sp³-hybridized carbons (Fsp3) is 0.312. The number of carbonyl (C=O) groups is 1. The summed E-state index contributed by atoms with van der Waals surface area (Å²) in [7, 11) is 3.52. The molecule has 0 spiro atoms. The van der Waals surface area contributed by atoms with E-state index in [1.165, 1.54) is 10.4 Å². The summed E-state index contributed by atoms with van der Waals surface area (Å²) in [5.41, 5.74) is 3.05. The summed E-state index contributed by atoms with van der Waals surface area (Å²) >= 11 is 1.77. The van der Waals surface area contributed by atoms with Crippen LogP contribution in [-0.4, -0.2) is 24.9 Å². The predicted molar refractivity (Wildman–Crippen MR) is 85.6 cm³/mol. The molecule has 1 aromatic heterocycles. The molecule has 1 atom stereocenters. The van der Waals surface area contributed by atoms with Crippen molar-refractivity contribution in [3.05, 3.63) is 51.7 Å². The van der Waals surface area contributed by atoms with E-state index in [4.69, 9.17) is 0 Å². The van der Waals surface area contributed by atoms with Gasteiger partial charge in [0.15, 0.2) is 0 Å². The molecule has 0 saturated carbocycles. The quantitative estimate of drug-likeness (QED) is 0.924. The van der Waals surface area contributed by atoms with E-state index in [0.29, 0.717) is 5.56 Å². The van der Waals surface area contributed by atoms with Crippen molar-refractivity contribution in [1.29, 1.82) is 0 Å². The summed E-state index contributed by atoms with van der Waals surface area (Å²) in [5, 5.41) is 5.58. The molecule has 1 N–H and O–H groups in total. The van der Waals surface area contributed by atoms with Gasteiger partial charge in [0.05, 0.1) is 6.04 Å². The molecule has 4 heteroatoms. The fourth-order valence-corrected chi connectivity index (χ4v) is 3.05. The molecular formula is C16H20N2OS. The zero-order chi connectivity index (χ0) is 14.7. The number of hydrogen-bond acceptors (Lipinski definition) is 3. The maximum absolute atomic E-state index is 11.8. The van der Waals surface area contributed by atoms with Crippen LogP contribution in [0, 0.1) is 6.92 Å². The van der Waals surface area contributed by atoms with Crippen molar-refractivity contribution in [1.82, 2.24) is 4.90 Å². The van der Waals surface area contributed by atoms with E-state index < -0.39 is 0 Å². The van der Waals surface area contributed by atoms with Gasteiger partial charge in [-0.05, 0) is 55.1 Å². The van der Waals surface area contributed by atoms with Crippen LogP contribution >= 0.6 is 11.3 Å². The number of thiophene rings is 1. The molecule has 1 unspecified atom stereocenters. The molecule has 0 fully saturated rings. The summed E-state index contributed by atoms with van der Waals surface area (Å²) in [5.74, 6) is 0.0266. The first kappa shape index (κ1) is 14.6. The SMILES string of the molecule is Cc1ccsc1C(C)Nc1ccc(C(=O)N(C)C)cc1. The Morgan fingerprint density at radius 3 is 2.35 bits per heavy atom. The van der Waals surface area contributed by atoms with Crippen LogP contribution in [0.4, 0.5) is 5.69 Å². The molecule has 0 aliphatic heterocycles. The maximum atomic E-state index is 11.8. The molecule has 0 aliphatic carbocycles. The number of nitrogens with zero attached hydrogens (tertiary/aromatic N) is 1. The van der Waals surface area contributed by atoms with Gasteiger partial charge in [-0.1, -0.05) is 0 Å². The van der Waals surface area contributed by atoms with Crippen molar-refractivity contribution in [3.63, 3.8) is 0 Å². The summed E-state index contributed by atoms with van der Waals surface area (Å²) < 4.78 is 0. The standard InChI is InChI=1S/C16H20N2OS/c1-11-9-10-20-15(11)12(2)17-14-7-5-13(6-8-14)16(19)18(3)4/h5-10,12,17H,1-4H3. The van der Waals surface area contributed by atoms with Crippen molar-refractivity contribution >= 4 is 22.9 Å². The minimum absolute atomic E-state index is 0.0266. The second kappa shape index (κ2) is 6.09. The number of aryl methyl sites for hydroxylation is 1. The molecule has 1 heterocycles. The Hall–Kier alpha value is -1.81. The van der Waals surface area contributed by atoms with E-state index >= 15 is 0 Å². The lowest BCUT2D eigenvalue weighted by Crippen LogP contribution is -2.21. The number of nitrogens with one attached hydrogen (secondary N) is 1. The molecule has 0 bridgehead atoms. The van der Waals surface area contributed by atoms with Crippen molar-refractivity contribution in [2.24, 2.45) is 0 Å². The smallest absolute Gasteiger partial charge is 0.253 e. The van der Waals surface area contributed by atoms with E-state index in [1.54, 1.807) is 30.3 Å². The van der Waals surface area contributed by atoms with Gasteiger partial charge in [0.1, 0.15) is 0 Å². The Bertz CT molecular complexity index is 587. The van der Waals surface area contributed by atoms with Crippen molar-refractivity contribution < 1.29 is 4.79 Å². The average molecular weight is 288 g/mol. The Morgan fingerprint density at radius 1 is 1.20 bits per heavy atom. The second-order valence-corrected chi connectivity index (χ2v) is 6.06. The normalized spacial score (nSPS) is 12.0. The Balaban J connectivity index is 2.08. The molecule has 106 valence electrons. The van der Waals surface area contributed by atoms with Crippen LogP contribution in [0.25, 0.3) is 0 Å². The number of anilines is 1. The van der Waals surface area contributed by atoms with E-state index in [-0.39, 0.29) is 11.9 Å². The van der Waals surface area contributed by atoms with E-state index in [9.17, 15) is 4.79 Å². The maximum Gasteiger partial charge on any atom is 0.253 e. The van der Waals surface area contributed by atoms with Crippen molar-refractivity contribution in [2.45, 2.75) is 19.9 Å². The van der Waals surface area contributed by atoms with Crippen molar-refractivity contribution in [3.8, 4) is 0 Å².